The molecule has 0 N–H and O–H groups in total. The second-order valence-corrected chi connectivity index (χ2v) is 11.7. The average Bonchev–Trinajstić information content (AvgIpc) is 3.22. The number of benzene rings is 2. The molecule has 1 amide bonds. The summed E-state index contributed by atoms with van der Waals surface area (Å²) in [5.41, 5.74) is 2.22. The summed E-state index contributed by atoms with van der Waals surface area (Å²) in [5.74, 6) is 4.49. The molecule has 1 aliphatic heterocycles. The van der Waals surface area contributed by atoms with Crippen molar-refractivity contribution in [2.75, 3.05) is 16.4 Å². The van der Waals surface area contributed by atoms with E-state index >= 15 is 0 Å². The topological polar surface area (TPSA) is 20.3 Å². The highest BCUT2D eigenvalue weighted by atomic mass is 32.2. The molecule has 0 radical (unpaired) electrons. The summed E-state index contributed by atoms with van der Waals surface area (Å²) in [5, 5.41) is 0. The quantitative estimate of drug-likeness (QED) is 0.582. The van der Waals surface area contributed by atoms with Crippen LogP contribution in [0.5, 0.6) is 0 Å². The molecule has 2 unspecified atom stereocenters. The molecule has 2 aromatic rings. The molecule has 2 saturated carbocycles. The van der Waals surface area contributed by atoms with E-state index in [4.69, 9.17) is 0 Å². The molecule has 1 saturated heterocycles. The van der Waals surface area contributed by atoms with E-state index in [1.807, 2.05) is 29.2 Å². The first kappa shape index (κ1) is 19.6. The number of hydrogen-bond acceptors (Lipinski definition) is 3. The number of para-hydroxylation sites is 1. The summed E-state index contributed by atoms with van der Waals surface area (Å²) in [6.45, 7) is 0.657. The highest BCUT2D eigenvalue weighted by Crippen LogP contribution is 2.64. The molecule has 2 aromatic carbocycles. The fourth-order valence-electron chi connectivity index (χ4n) is 5.70. The number of carbonyl (C=O) groups is 1. The molecule has 152 valence electrons. The Balaban J connectivity index is 1.40. The first-order valence-electron chi connectivity index (χ1n) is 10.9. The minimum absolute atomic E-state index is 0.168. The second-order valence-electron chi connectivity index (χ2n) is 8.66. The van der Waals surface area contributed by atoms with E-state index in [0.29, 0.717) is 28.4 Å². The normalized spacial score (nSPS) is 27.7. The number of amides is 1. The minimum Gasteiger partial charge on any atom is -0.308 e. The van der Waals surface area contributed by atoms with Crippen LogP contribution >= 0.6 is 23.5 Å². The number of hydrogen-bond donors (Lipinski definition) is 0. The van der Waals surface area contributed by atoms with Crippen molar-refractivity contribution in [1.82, 2.24) is 0 Å². The maximum Gasteiger partial charge on any atom is 0.230 e. The molecular formula is C25H29NOS2. The van der Waals surface area contributed by atoms with Crippen molar-refractivity contribution in [3.8, 4) is 0 Å². The monoisotopic (exact) mass is 423 g/mol. The Kier molecular flexibility index (Phi) is 5.66. The van der Waals surface area contributed by atoms with Gasteiger partial charge in [0.05, 0.1) is 10.6 Å². The molecule has 2 bridgehead atoms. The van der Waals surface area contributed by atoms with Gasteiger partial charge in [0.15, 0.2) is 0 Å². The lowest BCUT2D eigenvalue weighted by atomic mass is 9.66. The lowest BCUT2D eigenvalue weighted by molar-refractivity contribution is -0.125. The standard InChI is InChI=1S/C25H29NOS2/c27-24(20-16-21-10-7-11-22(17-20)25(21)28-14-15-29-25)26(23-12-5-2-6-13-23)18-19-8-3-1-4-9-19/h1-6,8-9,12-13,20-22H,7,10-11,14-18H2. The van der Waals surface area contributed by atoms with Crippen LogP contribution in [0.3, 0.4) is 0 Å². The SMILES string of the molecule is O=C(C1CC2CCCC(C1)C21SCCS1)N(Cc1ccccc1)c1ccccc1. The maximum absolute atomic E-state index is 13.8. The summed E-state index contributed by atoms with van der Waals surface area (Å²) in [6, 6.07) is 20.7. The summed E-state index contributed by atoms with van der Waals surface area (Å²) < 4.78 is 0.423. The van der Waals surface area contributed by atoms with Gasteiger partial charge in [-0.15, -0.1) is 23.5 Å². The van der Waals surface area contributed by atoms with Crippen LogP contribution in [-0.2, 0) is 11.3 Å². The predicted molar refractivity (Wildman–Crippen MR) is 125 cm³/mol. The van der Waals surface area contributed by atoms with Crippen LogP contribution in [-0.4, -0.2) is 21.5 Å². The van der Waals surface area contributed by atoms with E-state index in [1.54, 1.807) is 0 Å². The van der Waals surface area contributed by atoms with Gasteiger partial charge in [-0.25, -0.2) is 0 Å². The van der Waals surface area contributed by atoms with Gasteiger partial charge in [-0.05, 0) is 55.2 Å². The molecule has 5 rings (SSSR count). The summed E-state index contributed by atoms with van der Waals surface area (Å²) in [4.78, 5) is 15.9. The number of nitrogens with zero attached hydrogens (tertiary/aromatic N) is 1. The first-order valence-corrected chi connectivity index (χ1v) is 12.9. The molecule has 3 aliphatic rings. The number of thioether (sulfide) groups is 2. The van der Waals surface area contributed by atoms with Gasteiger partial charge in [-0.2, -0.15) is 0 Å². The average molecular weight is 424 g/mol. The third-order valence-electron chi connectivity index (χ3n) is 6.99. The van der Waals surface area contributed by atoms with Crippen LogP contribution in [0, 0.1) is 17.8 Å². The molecular weight excluding hydrogens is 394 g/mol. The highest BCUT2D eigenvalue weighted by Gasteiger charge is 2.55. The van der Waals surface area contributed by atoms with Gasteiger partial charge in [0.2, 0.25) is 5.91 Å². The van der Waals surface area contributed by atoms with Gasteiger partial charge in [0, 0.05) is 23.1 Å². The lowest BCUT2D eigenvalue weighted by Crippen LogP contribution is -2.50. The van der Waals surface area contributed by atoms with Crippen LogP contribution in [0.25, 0.3) is 0 Å². The molecule has 29 heavy (non-hydrogen) atoms. The fraction of sp³-hybridized carbons (Fsp3) is 0.480. The Morgan fingerprint density at radius 3 is 2.10 bits per heavy atom. The Morgan fingerprint density at radius 2 is 1.48 bits per heavy atom. The van der Waals surface area contributed by atoms with Crippen molar-refractivity contribution in [3.05, 3.63) is 66.2 Å². The van der Waals surface area contributed by atoms with Crippen LogP contribution in [0.1, 0.15) is 37.7 Å². The van der Waals surface area contributed by atoms with Crippen molar-refractivity contribution in [3.63, 3.8) is 0 Å². The van der Waals surface area contributed by atoms with Crippen LogP contribution in [0.2, 0.25) is 0 Å². The van der Waals surface area contributed by atoms with Crippen molar-refractivity contribution < 1.29 is 4.79 Å². The van der Waals surface area contributed by atoms with Gasteiger partial charge < -0.3 is 4.90 Å². The fourth-order valence-corrected chi connectivity index (χ4v) is 9.64. The van der Waals surface area contributed by atoms with Crippen molar-refractivity contribution in [1.29, 1.82) is 0 Å². The third-order valence-corrected chi connectivity index (χ3v) is 11.0. The smallest absolute Gasteiger partial charge is 0.230 e. The summed E-state index contributed by atoms with van der Waals surface area (Å²) >= 11 is 4.43. The Morgan fingerprint density at radius 1 is 0.897 bits per heavy atom. The minimum atomic E-state index is 0.168. The van der Waals surface area contributed by atoms with E-state index in [1.165, 1.54) is 36.3 Å². The van der Waals surface area contributed by atoms with Gasteiger partial charge in [-0.1, -0.05) is 55.0 Å². The molecule has 3 fully saturated rings. The van der Waals surface area contributed by atoms with Gasteiger partial charge in [0.25, 0.3) is 0 Å². The van der Waals surface area contributed by atoms with Gasteiger partial charge >= 0.3 is 0 Å². The van der Waals surface area contributed by atoms with Crippen LogP contribution < -0.4 is 4.90 Å². The van der Waals surface area contributed by atoms with Crippen molar-refractivity contribution in [2.24, 2.45) is 17.8 Å². The predicted octanol–water partition coefficient (Wildman–Crippen LogP) is 6.22. The zero-order valence-corrected chi connectivity index (χ0v) is 18.5. The molecule has 1 heterocycles. The van der Waals surface area contributed by atoms with E-state index in [2.05, 4.69) is 59.9 Å². The maximum atomic E-state index is 13.8. The summed E-state index contributed by atoms with van der Waals surface area (Å²) in [6.07, 6.45) is 6.13. The lowest BCUT2D eigenvalue weighted by Gasteiger charge is -2.52. The van der Waals surface area contributed by atoms with Crippen LogP contribution in [0.4, 0.5) is 5.69 Å². The Bertz CT molecular complexity index is 818. The van der Waals surface area contributed by atoms with Crippen molar-refractivity contribution >= 4 is 35.1 Å². The molecule has 2 aliphatic carbocycles. The van der Waals surface area contributed by atoms with Crippen molar-refractivity contribution in [2.45, 2.75) is 42.7 Å². The largest absolute Gasteiger partial charge is 0.308 e. The van der Waals surface area contributed by atoms with Gasteiger partial charge in [0.1, 0.15) is 0 Å². The van der Waals surface area contributed by atoms with E-state index in [-0.39, 0.29) is 5.92 Å². The third kappa shape index (κ3) is 3.74. The molecule has 2 atom stereocenters. The van der Waals surface area contributed by atoms with E-state index in [9.17, 15) is 4.79 Å². The Labute approximate surface area is 182 Å². The number of carbonyl (C=O) groups excluding carboxylic acids is 1. The first-order chi connectivity index (χ1) is 14.3. The van der Waals surface area contributed by atoms with Crippen LogP contribution in [0.15, 0.2) is 60.7 Å². The number of rotatable bonds is 4. The van der Waals surface area contributed by atoms with Gasteiger partial charge in [-0.3, -0.25) is 4.79 Å². The molecule has 2 nitrogen and oxygen atoms in total. The highest BCUT2D eigenvalue weighted by molar-refractivity contribution is 8.21. The van der Waals surface area contributed by atoms with E-state index < -0.39 is 0 Å². The van der Waals surface area contributed by atoms with E-state index in [0.717, 1.165) is 18.5 Å². The second kappa shape index (κ2) is 8.39. The Hall–Kier alpha value is -1.39. The number of anilines is 1. The zero-order valence-electron chi connectivity index (χ0n) is 16.8. The molecule has 0 aromatic heterocycles. The zero-order chi connectivity index (χ0) is 19.7. The molecule has 4 heteroatoms. The summed E-state index contributed by atoms with van der Waals surface area (Å²) in [7, 11) is 0. The molecule has 1 spiro atoms.